The molecule has 1 N–H and O–H groups in total. The topological polar surface area (TPSA) is 63.2 Å². The van der Waals surface area contributed by atoms with E-state index in [1.165, 1.54) is 0 Å². The first-order valence-corrected chi connectivity index (χ1v) is 5.36. The van der Waals surface area contributed by atoms with Crippen LogP contribution in [0.3, 0.4) is 0 Å². The Morgan fingerprint density at radius 1 is 1.00 bits per heavy atom. The van der Waals surface area contributed by atoms with Crippen LogP contribution in [0.2, 0.25) is 0 Å². The Bertz CT molecular complexity index is 412. The summed E-state index contributed by atoms with van der Waals surface area (Å²) in [5, 5.41) is 0. The summed E-state index contributed by atoms with van der Waals surface area (Å²) in [5.41, 5.74) is 0. The van der Waals surface area contributed by atoms with Gasteiger partial charge in [-0.1, -0.05) is 0 Å². The fraction of sp³-hybridized carbons (Fsp3) is 0.800. The van der Waals surface area contributed by atoms with E-state index in [0.717, 1.165) is 0 Å². The summed E-state index contributed by atoms with van der Waals surface area (Å²) >= 11 is 0. The molecule has 0 unspecified atom stereocenters. The highest BCUT2D eigenvalue weighted by Crippen LogP contribution is 2.46. The van der Waals surface area contributed by atoms with Crippen molar-refractivity contribution in [3.8, 4) is 0 Å². The van der Waals surface area contributed by atoms with E-state index in [4.69, 9.17) is 0 Å². The number of alkyl halides is 7. The molecule has 0 saturated heterocycles. The van der Waals surface area contributed by atoms with E-state index in [1.54, 1.807) is 0 Å². The zero-order valence-corrected chi connectivity index (χ0v) is 8.60. The number of halogens is 7. The number of rotatable bonds is 3. The Hall–Kier alpha value is -1.07. The summed E-state index contributed by atoms with van der Waals surface area (Å²) in [6.07, 6.45) is -6.57. The lowest BCUT2D eigenvalue weighted by Crippen LogP contribution is -2.59. The van der Waals surface area contributed by atoms with Crippen LogP contribution >= 0.6 is 0 Å². The second-order valence-electron chi connectivity index (χ2n) is 2.85. The molecule has 0 saturated carbocycles. The lowest BCUT2D eigenvalue weighted by molar-refractivity contribution is -0.343. The summed E-state index contributed by atoms with van der Waals surface area (Å²) in [6.45, 7) is 0. The van der Waals surface area contributed by atoms with Gasteiger partial charge in [-0.2, -0.15) is 30.7 Å². The summed E-state index contributed by atoms with van der Waals surface area (Å²) in [4.78, 5) is 10.4. The zero-order valence-electron chi connectivity index (χ0n) is 7.78. The zero-order chi connectivity index (χ0) is 14.3. The molecule has 17 heavy (non-hydrogen) atoms. The van der Waals surface area contributed by atoms with Gasteiger partial charge in [0.25, 0.3) is 0 Å². The average Bonchev–Trinajstić information content (AvgIpc) is 1.97. The molecule has 4 nitrogen and oxygen atoms in total. The molecule has 0 heterocycles. The predicted molar refractivity (Wildman–Crippen MR) is 38.9 cm³/mol. The van der Waals surface area contributed by atoms with Gasteiger partial charge < -0.3 is 0 Å². The van der Waals surface area contributed by atoms with Crippen LogP contribution in [0.4, 0.5) is 30.7 Å². The SMILES string of the molecule is CS(=O)(=O)NC(=O)C(F)(F)C(F)(F)C(F)(F)F. The molecular weight excluding hydrogens is 287 g/mol. The van der Waals surface area contributed by atoms with Crippen LogP contribution in [0.25, 0.3) is 0 Å². The van der Waals surface area contributed by atoms with Crippen molar-refractivity contribution in [1.29, 1.82) is 0 Å². The van der Waals surface area contributed by atoms with Crippen molar-refractivity contribution in [2.45, 2.75) is 18.0 Å². The number of hydrogen-bond donors (Lipinski definition) is 1. The largest absolute Gasteiger partial charge is 0.460 e. The molecule has 0 aliphatic carbocycles. The van der Waals surface area contributed by atoms with Gasteiger partial charge in [-0.15, -0.1) is 0 Å². The number of nitrogens with one attached hydrogen (secondary N) is 1. The summed E-state index contributed by atoms with van der Waals surface area (Å²) in [7, 11) is -4.69. The third-order valence-corrected chi connectivity index (χ3v) is 1.87. The van der Waals surface area contributed by atoms with Gasteiger partial charge in [-0.3, -0.25) is 4.79 Å². The minimum Gasteiger partial charge on any atom is -0.267 e. The Balaban J connectivity index is 5.36. The molecule has 0 spiro atoms. The first-order valence-electron chi connectivity index (χ1n) is 3.47. The van der Waals surface area contributed by atoms with Crippen molar-refractivity contribution in [2.24, 2.45) is 0 Å². The molecule has 0 aromatic heterocycles. The minimum atomic E-state index is -6.70. The highest BCUT2D eigenvalue weighted by Gasteiger charge is 2.76. The van der Waals surface area contributed by atoms with E-state index in [2.05, 4.69) is 0 Å². The van der Waals surface area contributed by atoms with Crippen molar-refractivity contribution in [2.75, 3.05) is 6.26 Å². The highest BCUT2D eigenvalue weighted by molar-refractivity contribution is 7.89. The molecule has 1 amide bonds. The van der Waals surface area contributed by atoms with E-state index in [9.17, 15) is 43.9 Å². The van der Waals surface area contributed by atoms with E-state index in [1.807, 2.05) is 0 Å². The number of sulfonamides is 1. The lowest BCUT2D eigenvalue weighted by atomic mass is 10.1. The smallest absolute Gasteiger partial charge is 0.267 e. The maximum atomic E-state index is 12.5. The fourth-order valence-electron chi connectivity index (χ4n) is 0.553. The van der Waals surface area contributed by atoms with E-state index >= 15 is 0 Å². The van der Waals surface area contributed by atoms with E-state index < -0.39 is 34.0 Å². The molecular formula is C5H4F7NO3S. The molecule has 0 rings (SSSR count). The maximum absolute atomic E-state index is 12.5. The minimum absolute atomic E-state index is 0.132. The molecule has 0 aromatic carbocycles. The second kappa shape index (κ2) is 3.99. The van der Waals surface area contributed by atoms with Gasteiger partial charge >= 0.3 is 23.9 Å². The van der Waals surface area contributed by atoms with Crippen LogP contribution in [0, 0.1) is 0 Å². The predicted octanol–water partition coefficient (Wildman–Crippen LogP) is 0.895. The van der Waals surface area contributed by atoms with Crippen LogP contribution in [0.5, 0.6) is 0 Å². The first-order chi connectivity index (χ1) is 7.13. The second-order valence-corrected chi connectivity index (χ2v) is 4.60. The van der Waals surface area contributed by atoms with Gasteiger partial charge in [0.15, 0.2) is 0 Å². The molecule has 0 atom stereocenters. The first kappa shape index (κ1) is 15.9. The Morgan fingerprint density at radius 3 is 1.59 bits per heavy atom. The molecule has 0 bridgehead atoms. The van der Waals surface area contributed by atoms with Crippen LogP contribution in [0.1, 0.15) is 0 Å². The average molecular weight is 291 g/mol. The fourth-order valence-corrected chi connectivity index (χ4v) is 1.02. The monoisotopic (exact) mass is 291 g/mol. The lowest BCUT2D eigenvalue weighted by Gasteiger charge is -2.26. The summed E-state index contributed by atoms with van der Waals surface area (Å²) in [6, 6.07) is 0. The molecule has 0 aliphatic rings. The van der Waals surface area contributed by atoms with Crippen molar-refractivity contribution in [3.63, 3.8) is 0 Å². The quantitative estimate of drug-likeness (QED) is 0.786. The van der Waals surface area contributed by atoms with Crippen molar-refractivity contribution >= 4 is 15.9 Å². The van der Waals surface area contributed by atoms with Gasteiger partial charge in [-0.25, -0.2) is 13.1 Å². The number of carbonyl (C=O) groups is 1. The molecule has 0 aliphatic heterocycles. The van der Waals surface area contributed by atoms with Gasteiger partial charge in [0, 0.05) is 0 Å². The van der Waals surface area contributed by atoms with Crippen LogP contribution in [-0.2, 0) is 14.8 Å². The van der Waals surface area contributed by atoms with E-state index in [-0.39, 0.29) is 6.26 Å². The van der Waals surface area contributed by atoms with Gasteiger partial charge in [0.05, 0.1) is 6.26 Å². The number of carbonyl (C=O) groups excluding carboxylic acids is 1. The van der Waals surface area contributed by atoms with Crippen LogP contribution in [0.15, 0.2) is 0 Å². The van der Waals surface area contributed by atoms with Crippen molar-refractivity contribution in [3.05, 3.63) is 0 Å². The third-order valence-electron chi connectivity index (χ3n) is 1.31. The Morgan fingerprint density at radius 2 is 1.35 bits per heavy atom. The Kier molecular flexibility index (Phi) is 3.74. The standard InChI is InChI=1S/C5H4F7NO3S/c1-17(15,16)13-2(14)3(6,7)4(8,9)5(10,11)12/h1H3,(H,13,14). The third kappa shape index (κ3) is 3.20. The Labute approximate surface area is 89.8 Å². The molecule has 12 heteroatoms. The number of amides is 1. The summed E-state index contributed by atoms with van der Waals surface area (Å²) < 4.78 is 105. The van der Waals surface area contributed by atoms with Crippen molar-refractivity contribution in [1.82, 2.24) is 4.72 Å². The van der Waals surface area contributed by atoms with Gasteiger partial charge in [0.1, 0.15) is 0 Å². The highest BCUT2D eigenvalue weighted by atomic mass is 32.2. The molecule has 102 valence electrons. The molecule has 0 aromatic rings. The van der Waals surface area contributed by atoms with Crippen LogP contribution in [-0.4, -0.2) is 38.6 Å². The normalized spacial score (nSPS) is 14.6. The van der Waals surface area contributed by atoms with E-state index in [0.29, 0.717) is 4.72 Å². The van der Waals surface area contributed by atoms with Crippen LogP contribution < -0.4 is 4.72 Å². The van der Waals surface area contributed by atoms with Gasteiger partial charge in [0.2, 0.25) is 10.0 Å². The molecule has 0 radical (unpaired) electrons. The summed E-state index contributed by atoms with van der Waals surface area (Å²) in [5.74, 6) is -16.2. The number of hydrogen-bond acceptors (Lipinski definition) is 3. The maximum Gasteiger partial charge on any atom is 0.460 e. The van der Waals surface area contributed by atoms with Crippen molar-refractivity contribution < 1.29 is 43.9 Å². The van der Waals surface area contributed by atoms with Gasteiger partial charge in [-0.05, 0) is 0 Å². The molecule has 0 fully saturated rings.